The summed E-state index contributed by atoms with van der Waals surface area (Å²) in [5.41, 5.74) is 3.94. The average Bonchev–Trinajstić information content (AvgIpc) is 2.64. The lowest BCUT2D eigenvalue weighted by molar-refractivity contribution is -0.116. The highest BCUT2D eigenvalue weighted by Crippen LogP contribution is 2.22. The quantitative estimate of drug-likeness (QED) is 0.598. The van der Waals surface area contributed by atoms with E-state index in [-0.39, 0.29) is 24.4 Å². The van der Waals surface area contributed by atoms with E-state index in [1.165, 1.54) is 18.1 Å². The topological polar surface area (TPSA) is 70.2 Å². The summed E-state index contributed by atoms with van der Waals surface area (Å²) in [6.07, 6.45) is 2.22. The lowest BCUT2D eigenvalue weighted by Crippen LogP contribution is -2.33. The maximum Gasteiger partial charge on any atom is 0.238 e. The maximum absolute atomic E-state index is 12.3. The normalized spacial score (nSPS) is 11.9. The first-order valence-electron chi connectivity index (χ1n) is 9.88. The lowest BCUT2D eigenvalue weighted by atomic mass is 9.94. The molecule has 2 aromatic carbocycles. The first-order valence-corrected chi connectivity index (χ1v) is 9.88. The number of amides is 2. The average molecular weight is 382 g/mol. The molecule has 2 aromatic rings. The number of rotatable bonds is 9. The van der Waals surface area contributed by atoms with E-state index in [2.05, 4.69) is 61.0 Å². The summed E-state index contributed by atoms with van der Waals surface area (Å²) in [4.78, 5) is 23.4. The monoisotopic (exact) mass is 381 g/mol. The standard InChI is InChI=1S/C23H31N3O2/c1-5-6-18-7-9-19(10-8-18)23(16(2)3)24-15-22(28)26-21-13-11-20(12-14-21)25-17(4)27/h7-14,16,23-24H,5-6,15H2,1-4H3,(H,25,27)(H,26,28)/t23-/m1/s1. The van der Waals surface area contributed by atoms with Crippen molar-refractivity contribution in [1.29, 1.82) is 0 Å². The van der Waals surface area contributed by atoms with Crippen molar-refractivity contribution < 1.29 is 9.59 Å². The van der Waals surface area contributed by atoms with E-state index in [1.54, 1.807) is 24.3 Å². The Balaban J connectivity index is 1.92. The molecular weight excluding hydrogens is 350 g/mol. The molecule has 0 heterocycles. The Morgan fingerprint density at radius 3 is 1.96 bits per heavy atom. The number of hydrogen-bond acceptors (Lipinski definition) is 3. The Labute approximate surface area is 167 Å². The molecule has 1 atom stereocenters. The van der Waals surface area contributed by atoms with Gasteiger partial charge in [-0.1, -0.05) is 51.5 Å². The van der Waals surface area contributed by atoms with E-state index in [0.717, 1.165) is 12.8 Å². The van der Waals surface area contributed by atoms with Crippen LogP contribution in [-0.2, 0) is 16.0 Å². The number of carbonyl (C=O) groups excluding carboxylic acids is 2. The summed E-state index contributed by atoms with van der Waals surface area (Å²) < 4.78 is 0. The first-order chi connectivity index (χ1) is 13.4. The van der Waals surface area contributed by atoms with E-state index in [0.29, 0.717) is 17.3 Å². The van der Waals surface area contributed by atoms with Gasteiger partial charge in [0.15, 0.2) is 0 Å². The molecule has 2 amide bonds. The third kappa shape index (κ3) is 6.82. The molecule has 150 valence electrons. The zero-order valence-corrected chi connectivity index (χ0v) is 17.2. The van der Waals surface area contributed by atoms with Crippen LogP contribution in [0.3, 0.4) is 0 Å². The number of carbonyl (C=O) groups is 2. The molecule has 0 bridgehead atoms. The zero-order valence-electron chi connectivity index (χ0n) is 17.2. The van der Waals surface area contributed by atoms with Crippen LogP contribution in [-0.4, -0.2) is 18.4 Å². The van der Waals surface area contributed by atoms with E-state index in [9.17, 15) is 9.59 Å². The molecule has 0 saturated heterocycles. The van der Waals surface area contributed by atoms with E-state index in [4.69, 9.17) is 0 Å². The van der Waals surface area contributed by atoms with Crippen molar-refractivity contribution in [2.45, 2.75) is 46.6 Å². The van der Waals surface area contributed by atoms with Crippen molar-refractivity contribution in [3.05, 3.63) is 59.7 Å². The molecule has 0 radical (unpaired) electrons. The lowest BCUT2D eigenvalue weighted by Gasteiger charge is -2.23. The maximum atomic E-state index is 12.3. The van der Waals surface area contributed by atoms with Crippen molar-refractivity contribution in [3.8, 4) is 0 Å². The minimum atomic E-state index is -0.122. The van der Waals surface area contributed by atoms with Gasteiger partial charge in [0.25, 0.3) is 0 Å². The van der Waals surface area contributed by atoms with Gasteiger partial charge in [0.05, 0.1) is 6.54 Å². The summed E-state index contributed by atoms with van der Waals surface area (Å²) in [6.45, 7) is 8.17. The van der Waals surface area contributed by atoms with Crippen LogP contribution in [0.1, 0.15) is 51.3 Å². The van der Waals surface area contributed by atoms with Crippen LogP contribution < -0.4 is 16.0 Å². The Hall–Kier alpha value is -2.66. The third-order valence-corrected chi connectivity index (χ3v) is 4.52. The second-order valence-corrected chi connectivity index (χ2v) is 7.40. The SMILES string of the molecule is CCCc1ccc([C@H](NCC(=O)Nc2ccc(NC(C)=O)cc2)C(C)C)cc1. The molecule has 28 heavy (non-hydrogen) atoms. The molecule has 0 spiro atoms. The highest BCUT2D eigenvalue weighted by Gasteiger charge is 2.16. The Morgan fingerprint density at radius 2 is 1.46 bits per heavy atom. The second-order valence-electron chi connectivity index (χ2n) is 7.40. The Morgan fingerprint density at radius 1 is 0.893 bits per heavy atom. The van der Waals surface area contributed by atoms with Crippen LogP contribution in [0.25, 0.3) is 0 Å². The molecule has 2 rings (SSSR count). The van der Waals surface area contributed by atoms with Crippen LogP contribution in [0.2, 0.25) is 0 Å². The number of anilines is 2. The highest BCUT2D eigenvalue weighted by atomic mass is 16.2. The van der Waals surface area contributed by atoms with Gasteiger partial charge in [-0.2, -0.15) is 0 Å². The van der Waals surface area contributed by atoms with Crippen LogP contribution in [0.4, 0.5) is 11.4 Å². The molecular formula is C23H31N3O2. The zero-order chi connectivity index (χ0) is 20.5. The summed E-state index contributed by atoms with van der Waals surface area (Å²) >= 11 is 0. The molecule has 5 heteroatoms. The molecule has 0 aromatic heterocycles. The van der Waals surface area contributed by atoms with Gasteiger partial charge >= 0.3 is 0 Å². The fourth-order valence-electron chi connectivity index (χ4n) is 3.17. The predicted molar refractivity (Wildman–Crippen MR) is 115 cm³/mol. The van der Waals surface area contributed by atoms with E-state index < -0.39 is 0 Å². The van der Waals surface area contributed by atoms with E-state index in [1.807, 2.05) is 0 Å². The van der Waals surface area contributed by atoms with Crippen LogP contribution in [0.5, 0.6) is 0 Å². The molecule has 0 fully saturated rings. The number of nitrogens with one attached hydrogen (secondary N) is 3. The summed E-state index contributed by atoms with van der Waals surface area (Å²) in [7, 11) is 0. The Bertz CT molecular complexity index is 767. The van der Waals surface area contributed by atoms with Crippen molar-refractivity contribution in [1.82, 2.24) is 5.32 Å². The molecule has 0 saturated carbocycles. The van der Waals surface area contributed by atoms with Gasteiger partial charge in [-0.25, -0.2) is 0 Å². The molecule has 0 aliphatic rings. The van der Waals surface area contributed by atoms with Gasteiger partial charge in [0.1, 0.15) is 0 Å². The Kier molecular flexibility index (Phi) is 8.20. The fraction of sp³-hybridized carbons (Fsp3) is 0.391. The fourth-order valence-corrected chi connectivity index (χ4v) is 3.17. The smallest absolute Gasteiger partial charge is 0.238 e. The first kappa shape index (κ1) is 21.6. The minimum absolute atomic E-state index is 0.0967. The summed E-state index contributed by atoms with van der Waals surface area (Å²) in [5, 5.41) is 8.96. The van der Waals surface area contributed by atoms with Crippen LogP contribution in [0, 0.1) is 5.92 Å². The molecule has 0 unspecified atom stereocenters. The third-order valence-electron chi connectivity index (χ3n) is 4.52. The molecule has 0 aliphatic carbocycles. The number of aryl methyl sites for hydroxylation is 1. The van der Waals surface area contributed by atoms with Gasteiger partial charge in [0.2, 0.25) is 11.8 Å². The molecule has 3 N–H and O–H groups in total. The minimum Gasteiger partial charge on any atom is -0.326 e. The van der Waals surface area contributed by atoms with Gasteiger partial charge in [-0.05, 0) is 47.7 Å². The number of benzene rings is 2. The van der Waals surface area contributed by atoms with Gasteiger partial charge in [0, 0.05) is 24.3 Å². The van der Waals surface area contributed by atoms with Crippen molar-refractivity contribution in [3.63, 3.8) is 0 Å². The van der Waals surface area contributed by atoms with Crippen molar-refractivity contribution in [2.24, 2.45) is 5.92 Å². The highest BCUT2D eigenvalue weighted by molar-refractivity contribution is 5.93. The predicted octanol–water partition coefficient (Wildman–Crippen LogP) is 4.52. The molecule has 0 aliphatic heterocycles. The van der Waals surface area contributed by atoms with Crippen molar-refractivity contribution in [2.75, 3.05) is 17.2 Å². The number of hydrogen-bond donors (Lipinski definition) is 3. The van der Waals surface area contributed by atoms with Gasteiger partial charge in [-0.15, -0.1) is 0 Å². The molecule has 5 nitrogen and oxygen atoms in total. The largest absolute Gasteiger partial charge is 0.326 e. The van der Waals surface area contributed by atoms with Gasteiger partial charge in [-0.3, -0.25) is 9.59 Å². The summed E-state index contributed by atoms with van der Waals surface area (Å²) in [6, 6.07) is 15.8. The second kappa shape index (κ2) is 10.6. The van der Waals surface area contributed by atoms with Crippen molar-refractivity contribution >= 4 is 23.2 Å². The van der Waals surface area contributed by atoms with Crippen LogP contribution in [0.15, 0.2) is 48.5 Å². The van der Waals surface area contributed by atoms with E-state index >= 15 is 0 Å². The van der Waals surface area contributed by atoms with Crippen LogP contribution >= 0.6 is 0 Å². The van der Waals surface area contributed by atoms with Gasteiger partial charge < -0.3 is 16.0 Å². The summed E-state index contributed by atoms with van der Waals surface area (Å²) in [5.74, 6) is 0.144.